The van der Waals surface area contributed by atoms with Gasteiger partial charge in [0.05, 0.1) is 27.7 Å². The molecule has 0 bridgehead atoms. The number of unbranched alkanes of at least 4 members (excludes halogenated alkanes) is 15. The van der Waals surface area contributed by atoms with E-state index in [9.17, 15) is 23.8 Å². The van der Waals surface area contributed by atoms with Crippen LogP contribution in [0.3, 0.4) is 0 Å². The molecule has 0 fully saturated rings. The van der Waals surface area contributed by atoms with E-state index in [1.165, 1.54) is 44.6 Å². The number of phosphoric acid groups is 1. The number of hydrogen-bond donors (Lipinski definition) is 1. The lowest BCUT2D eigenvalue weighted by Crippen LogP contribution is -2.37. The topological polar surface area (TPSA) is 139 Å². The second kappa shape index (κ2) is 26.6. The summed E-state index contributed by atoms with van der Waals surface area (Å²) in [6, 6.07) is 7.52. The van der Waals surface area contributed by atoms with Crippen LogP contribution in [-0.4, -0.2) is 80.7 Å². The average Bonchev–Trinajstić information content (AvgIpc) is 3.08. The molecule has 0 saturated heterocycles. The largest absolute Gasteiger partial charge is 0.472 e. The summed E-state index contributed by atoms with van der Waals surface area (Å²) in [4.78, 5) is 48.5. The minimum Gasteiger partial charge on any atom is -0.463 e. The molecule has 0 spiro atoms. The fourth-order valence-corrected chi connectivity index (χ4v) is 7.34. The van der Waals surface area contributed by atoms with E-state index < -0.39 is 32.5 Å². The maximum Gasteiger partial charge on any atom is 0.472 e. The normalized spacial score (nSPS) is 13.5. The molecule has 302 valence electrons. The van der Waals surface area contributed by atoms with Crippen LogP contribution < -0.4 is 5.63 Å². The summed E-state index contributed by atoms with van der Waals surface area (Å²) in [6.07, 6.45) is 16.9. The monoisotopic (exact) mass is 784 g/mol. The molecule has 2 atom stereocenters. The van der Waals surface area contributed by atoms with Crippen molar-refractivity contribution in [2.75, 3.05) is 53.3 Å². The van der Waals surface area contributed by atoms with Crippen molar-refractivity contribution in [3.63, 3.8) is 0 Å². The Bertz CT molecular complexity index is 1440. The Hall–Kier alpha value is -2.21. The first kappa shape index (κ1) is 46.9. The lowest BCUT2D eigenvalue weighted by atomic mass is 10.1. The van der Waals surface area contributed by atoms with Crippen molar-refractivity contribution >= 4 is 42.5 Å². The first-order chi connectivity index (χ1) is 25.3. The number of aryl methyl sites for hydroxylation is 1. The summed E-state index contributed by atoms with van der Waals surface area (Å²) < 4.78 is 39.3. The van der Waals surface area contributed by atoms with E-state index >= 15 is 0 Å². The molecule has 0 radical (unpaired) electrons. The molecule has 1 aromatic heterocycles. The van der Waals surface area contributed by atoms with Crippen LogP contribution in [-0.2, 0) is 32.7 Å². The molecule has 1 N–H and O–H groups in total. The Kier molecular flexibility index (Phi) is 23.5. The third-order valence-corrected chi connectivity index (χ3v) is 11.0. The number of hydrogen-bond acceptors (Lipinski definition) is 10. The maximum atomic E-state index is 12.9. The predicted octanol–water partition coefficient (Wildman–Crippen LogP) is 9.53. The first-order valence-corrected chi connectivity index (χ1v) is 22.2. The van der Waals surface area contributed by atoms with Crippen LogP contribution in [0, 0.1) is 6.92 Å². The van der Waals surface area contributed by atoms with Gasteiger partial charge < -0.3 is 23.3 Å². The highest BCUT2D eigenvalue weighted by molar-refractivity contribution is 7.99. The van der Waals surface area contributed by atoms with E-state index in [2.05, 4.69) is 13.0 Å². The predicted molar refractivity (Wildman–Crippen MR) is 212 cm³/mol. The van der Waals surface area contributed by atoms with Crippen LogP contribution >= 0.6 is 19.6 Å². The molecule has 0 aliphatic heterocycles. The highest BCUT2D eigenvalue weighted by Gasteiger charge is 2.31. The van der Waals surface area contributed by atoms with Crippen LogP contribution in [0.5, 0.6) is 0 Å². The van der Waals surface area contributed by atoms with Crippen molar-refractivity contribution in [1.29, 1.82) is 0 Å². The number of carbonyl (C=O) groups excluding carboxylic acids is 2. The summed E-state index contributed by atoms with van der Waals surface area (Å²) in [5.41, 5.74) is 1.21. The molecule has 0 aliphatic rings. The second-order valence-electron chi connectivity index (χ2n) is 14.9. The number of rotatable bonds is 31. The van der Waals surface area contributed by atoms with Crippen molar-refractivity contribution in [3.8, 4) is 0 Å². The molecule has 0 aliphatic carbocycles. The summed E-state index contributed by atoms with van der Waals surface area (Å²) in [6.45, 7) is 4.14. The molecule has 1 heterocycles. The molecule has 53 heavy (non-hydrogen) atoms. The van der Waals surface area contributed by atoms with E-state index in [0.29, 0.717) is 29.5 Å². The number of quaternary nitrogens is 1. The highest BCUT2D eigenvalue weighted by atomic mass is 32.2. The van der Waals surface area contributed by atoms with Crippen LogP contribution in [0.25, 0.3) is 11.0 Å². The lowest BCUT2D eigenvalue weighted by molar-refractivity contribution is -0.870. The second-order valence-corrected chi connectivity index (χ2v) is 17.5. The van der Waals surface area contributed by atoms with E-state index in [4.69, 9.17) is 22.9 Å². The van der Waals surface area contributed by atoms with Gasteiger partial charge in [-0.1, -0.05) is 96.8 Å². The number of nitrogens with zero attached hydrogens (tertiary/aromatic N) is 1. The van der Waals surface area contributed by atoms with E-state index in [0.717, 1.165) is 79.4 Å². The van der Waals surface area contributed by atoms with Crippen LogP contribution in [0.4, 0.5) is 0 Å². The van der Waals surface area contributed by atoms with Crippen molar-refractivity contribution in [3.05, 3.63) is 40.2 Å². The summed E-state index contributed by atoms with van der Waals surface area (Å²) >= 11 is 1.76. The van der Waals surface area contributed by atoms with E-state index in [1.54, 1.807) is 11.8 Å². The van der Waals surface area contributed by atoms with Gasteiger partial charge in [0.25, 0.3) is 0 Å². The fourth-order valence-electron chi connectivity index (χ4n) is 5.69. The number of fused-ring (bicyclic) bond motifs is 1. The zero-order valence-corrected chi connectivity index (χ0v) is 34.8. The van der Waals surface area contributed by atoms with Gasteiger partial charge in [0.2, 0.25) is 6.10 Å². The third kappa shape index (κ3) is 22.7. The van der Waals surface area contributed by atoms with Gasteiger partial charge in [-0.25, -0.2) is 14.2 Å². The summed E-state index contributed by atoms with van der Waals surface area (Å²) in [5.74, 6) is -0.386. The molecular formula is C40H67NO10PS+. The van der Waals surface area contributed by atoms with Gasteiger partial charge >= 0.3 is 25.4 Å². The number of esters is 2. The van der Waals surface area contributed by atoms with Crippen molar-refractivity contribution < 1.29 is 46.5 Å². The summed E-state index contributed by atoms with van der Waals surface area (Å²) in [7, 11) is 1.30. The Balaban J connectivity index is 1.66. The van der Waals surface area contributed by atoms with Gasteiger partial charge in [-0.3, -0.25) is 13.8 Å². The molecule has 2 aromatic rings. The number of carbonyl (C=O) groups is 2. The standard InChI is InChI=1S/C40H66NO10PS/c1-6-7-8-9-10-11-12-15-18-21-27-47-40(44)37(32-49-52(45,46)48-28-26-41(3,4)5)51-38(42)23-20-17-14-13-16-19-22-29-53-34-24-25-35-33(2)30-39(43)50-36(35)31-34/h24-25,30-31,37H,6-23,26-29,32H2,1-5H3/p+1. The highest BCUT2D eigenvalue weighted by Crippen LogP contribution is 2.43. The van der Waals surface area contributed by atoms with Gasteiger partial charge in [-0.2, -0.15) is 0 Å². The quantitative estimate of drug-likeness (QED) is 0.0195. The number of ether oxygens (including phenoxy) is 2. The Labute approximate surface area is 322 Å². The molecule has 0 saturated carbocycles. The molecule has 1 aromatic carbocycles. The zero-order chi connectivity index (χ0) is 39.0. The summed E-state index contributed by atoms with van der Waals surface area (Å²) in [5, 5.41) is 0.957. The Morgan fingerprint density at radius 1 is 0.830 bits per heavy atom. The van der Waals surface area contributed by atoms with Gasteiger partial charge in [-0.15, -0.1) is 11.8 Å². The zero-order valence-electron chi connectivity index (χ0n) is 33.1. The minimum absolute atomic E-state index is 0.0170. The van der Waals surface area contributed by atoms with Crippen LogP contribution in [0.2, 0.25) is 0 Å². The number of likely N-dealkylation sites (N-methyl/N-ethyl adjacent to an activating group) is 1. The van der Waals surface area contributed by atoms with Crippen molar-refractivity contribution in [2.45, 2.75) is 140 Å². The van der Waals surface area contributed by atoms with Crippen LogP contribution in [0.1, 0.15) is 128 Å². The lowest BCUT2D eigenvalue weighted by Gasteiger charge is -2.24. The number of phosphoric ester groups is 1. The smallest absolute Gasteiger partial charge is 0.463 e. The Morgan fingerprint density at radius 2 is 1.43 bits per heavy atom. The van der Waals surface area contributed by atoms with Crippen molar-refractivity contribution in [1.82, 2.24) is 0 Å². The minimum atomic E-state index is -4.47. The molecule has 2 unspecified atom stereocenters. The number of benzene rings is 1. The fraction of sp³-hybridized carbons (Fsp3) is 0.725. The molecule has 13 heteroatoms. The van der Waals surface area contributed by atoms with Crippen LogP contribution in [0.15, 0.2) is 38.4 Å². The SMILES string of the molecule is CCCCCCCCCCCCOC(=O)C(COP(=O)(O)OCC[N+](C)(C)C)OC(=O)CCCCCCCCCSc1ccc2c(C)cc(=O)oc2c1. The van der Waals surface area contributed by atoms with E-state index in [1.807, 2.05) is 40.2 Å². The molecule has 11 nitrogen and oxygen atoms in total. The van der Waals surface area contributed by atoms with Crippen molar-refractivity contribution in [2.24, 2.45) is 0 Å². The number of thioether (sulfide) groups is 1. The van der Waals surface area contributed by atoms with Gasteiger partial charge in [-0.05, 0) is 55.7 Å². The van der Waals surface area contributed by atoms with Gasteiger partial charge in [0.1, 0.15) is 25.3 Å². The molecular weight excluding hydrogens is 717 g/mol. The average molecular weight is 785 g/mol. The van der Waals surface area contributed by atoms with E-state index in [-0.39, 0.29) is 25.3 Å². The maximum absolute atomic E-state index is 12.9. The first-order valence-electron chi connectivity index (χ1n) is 19.8. The van der Waals surface area contributed by atoms with Gasteiger partial charge in [0, 0.05) is 22.8 Å². The molecule has 0 amide bonds. The Morgan fingerprint density at radius 3 is 2.08 bits per heavy atom. The molecule has 2 rings (SSSR count). The van der Waals surface area contributed by atoms with Gasteiger partial charge in [0.15, 0.2) is 0 Å². The third-order valence-electron chi connectivity index (χ3n) is 8.90.